The van der Waals surface area contributed by atoms with E-state index in [2.05, 4.69) is 17.9 Å². The maximum atomic E-state index is 11.6. The third-order valence-electron chi connectivity index (χ3n) is 4.31. The number of hydrogen-bond donors (Lipinski definition) is 1. The number of carbonyl (C=O) groups excluding carboxylic acids is 1. The molecule has 0 radical (unpaired) electrons. The lowest BCUT2D eigenvalue weighted by Crippen LogP contribution is -2.23. The summed E-state index contributed by atoms with van der Waals surface area (Å²) in [5.41, 5.74) is 0.497. The Balaban J connectivity index is 2.47. The van der Waals surface area contributed by atoms with Crippen LogP contribution in [0.2, 0.25) is 0 Å². The summed E-state index contributed by atoms with van der Waals surface area (Å²) in [5.74, 6) is 6.02. The van der Waals surface area contributed by atoms with Gasteiger partial charge >= 0.3 is 5.97 Å². The second-order valence-corrected chi connectivity index (χ2v) is 7.69. The first-order valence-corrected chi connectivity index (χ1v) is 8.74. The molecule has 23 heavy (non-hydrogen) atoms. The van der Waals surface area contributed by atoms with Gasteiger partial charge in [-0.25, -0.2) is 0 Å². The van der Waals surface area contributed by atoms with E-state index in [-0.39, 0.29) is 18.5 Å². The Morgan fingerprint density at radius 1 is 1.30 bits per heavy atom. The standard InChI is InChI=1S/C20H32O3/c1-15(10-9-13-23-19(22)20(3,4)5)18(21)16(2)14-17-11-7-6-8-12-17/h14-15,17-18,21H,6-8,11-13H2,1-5H3/b16-14+/t15-,18+/m1/s1. The maximum Gasteiger partial charge on any atom is 0.312 e. The zero-order valence-corrected chi connectivity index (χ0v) is 15.3. The van der Waals surface area contributed by atoms with E-state index < -0.39 is 11.5 Å². The maximum absolute atomic E-state index is 11.6. The summed E-state index contributed by atoms with van der Waals surface area (Å²) in [7, 11) is 0. The molecule has 1 saturated carbocycles. The number of hydrogen-bond acceptors (Lipinski definition) is 3. The molecule has 1 aliphatic rings. The van der Waals surface area contributed by atoms with Crippen LogP contribution in [0.1, 0.15) is 66.7 Å². The molecule has 0 aromatic carbocycles. The quantitative estimate of drug-likeness (QED) is 0.482. The van der Waals surface area contributed by atoms with Crippen LogP contribution in [0.25, 0.3) is 0 Å². The summed E-state index contributed by atoms with van der Waals surface area (Å²) >= 11 is 0. The van der Waals surface area contributed by atoms with E-state index in [1.165, 1.54) is 32.1 Å². The van der Waals surface area contributed by atoms with Crippen LogP contribution in [0.3, 0.4) is 0 Å². The zero-order valence-electron chi connectivity index (χ0n) is 15.3. The van der Waals surface area contributed by atoms with Crippen molar-refractivity contribution in [3.8, 4) is 11.8 Å². The second kappa shape index (κ2) is 9.13. The summed E-state index contributed by atoms with van der Waals surface area (Å²) in [5, 5.41) is 10.4. The molecule has 3 nitrogen and oxygen atoms in total. The van der Waals surface area contributed by atoms with Crippen LogP contribution in [0, 0.1) is 29.1 Å². The Bertz CT molecular complexity index is 467. The number of aliphatic hydroxyl groups excluding tert-OH is 1. The Kier molecular flexibility index (Phi) is 7.85. The molecule has 0 aliphatic heterocycles. The first kappa shape index (κ1) is 19.8. The number of aliphatic hydroxyl groups is 1. The smallest absolute Gasteiger partial charge is 0.312 e. The van der Waals surface area contributed by atoms with Crippen molar-refractivity contribution in [1.29, 1.82) is 0 Å². The molecule has 0 spiro atoms. The molecule has 1 N–H and O–H groups in total. The lowest BCUT2D eigenvalue weighted by Gasteiger charge is -2.21. The molecular weight excluding hydrogens is 288 g/mol. The van der Waals surface area contributed by atoms with Gasteiger partial charge in [-0.2, -0.15) is 0 Å². The Morgan fingerprint density at radius 2 is 1.91 bits per heavy atom. The SMILES string of the molecule is C/C(=C\C1CCCCC1)[C@@H](O)[C@H](C)C#CCOC(=O)C(C)(C)C. The van der Waals surface area contributed by atoms with Crippen LogP contribution in [-0.4, -0.2) is 23.8 Å². The molecule has 0 amide bonds. The average Bonchev–Trinajstić information content (AvgIpc) is 2.50. The van der Waals surface area contributed by atoms with Gasteiger partial charge in [0, 0.05) is 5.92 Å². The fourth-order valence-corrected chi connectivity index (χ4v) is 2.77. The van der Waals surface area contributed by atoms with Crippen LogP contribution < -0.4 is 0 Å². The van der Waals surface area contributed by atoms with Gasteiger partial charge < -0.3 is 9.84 Å². The highest BCUT2D eigenvalue weighted by Crippen LogP contribution is 2.26. The molecule has 0 bridgehead atoms. The van der Waals surface area contributed by atoms with Gasteiger partial charge in [-0.05, 0) is 59.0 Å². The first-order valence-electron chi connectivity index (χ1n) is 8.74. The highest BCUT2D eigenvalue weighted by molar-refractivity contribution is 5.75. The third kappa shape index (κ3) is 7.22. The molecule has 2 atom stereocenters. The number of carbonyl (C=O) groups is 1. The summed E-state index contributed by atoms with van der Waals surface area (Å²) in [6, 6.07) is 0. The van der Waals surface area contributed by atoms with Gasteiger partial charge in [0.1, 0.15) is 0 Å². The van der Waals surface area contributed by atoms with Gasteiger partial charge in [-0.15, -0.1) is 0 Å². The van der Waals surface area contributed by atoms with E-state index in [0.717, 1.165) is 5.57 Å². The van der Waals surface area contributed by atoms with Gasteiger partial charge in [-0.1, -0.05) is 37.2 Å². The van der Waals surface area contributed by atoms with Crippen LogP contribution in [0.5, 0.6) is 0 Å². The Morgan fingerprint density at radius 3 is 2.48 bits per heavy atom. The second-order valence-electron chi connectivity index (χ2n) is 7.69. The van der Waals surface area contributed by atoms with Crippen molar-refractivity contribution in [3.05, 3.63) is 11.6 Å². The van der Waals surface area contributed by atoms with E-state index in [9.17, 15) is 9.90 Å². The van der Waals surface area contributed by atoms with E-state index in [0.29, 0.717) is 5.92 Å². The average molecular weight is 320 g/mol. The predicted molar refractivity (Wildman–Crippen MR) is 93.7 cm³/mol. The number of allylic oxidation sites excluding steroid dienone is 1. The number of rotatable bonds is 4. The van der Waals surface area contributed by atoms with Crippen molar-refractivity contribution >= 4 is 5.97 Å². The lowest BCUT2D eigenvalue weighted by atomic mass is 9.86. The number of ether oxygens (including phenoxy) is 1. The van der Waals surface area contributed by atoms with Crippen molar-refractivity contribution in [2.75, 3.05) is 6.61 Å². The lowest BCUT2D eigenvalue weighted by molar-refractivity contribution is -0.151. The minimum atomic E-state index is -0.553. The summed E-state index contributed by atoms with van der Waals surface area (Å²) in [6.45, 7) is 9.41. The van der Waals surface area contributed by atoms with E-state index in [1.807, 2.05) is 34.6 Å². The third-order valence-corrected chi connectivity index (χ3v) is 4.31. The fraction of sp³-hybridized carbons (Fsp3) is 0.750. The monoisotopic (exact) mass is 320 g/mol. The molecule has 1 aliphatic carbocycles. The molecular formula is C20H32O3. The van der Waals surface area contributed by atoms with Gasteiger partial charge in [0.05, 0.1) is 11.5 Å². The summed E-state index contributed by atoms with van der Waals surface area (Å²) in [4.78, 5) is 11.6. The highest BCUT2D eigenvalue weighted by atomic mass is 16.5. The van der Waals surface area contributed by atoms with Crippen molar-refractivity contribution in [3.63, 3.8) is 0 Å². The highest BCUT2D eigenvalue weighted by Gasteiger charge is 2.22. The Labute approximate surface area is 141 Å². The zero-order chi connectivity index (χ0) is 17.5. The molecule has 0 unspecified atom stereocenters. The van der Waals surface area contributed by atoms with E-state index in [1.54, 1.807) is 0 Å². The van der Waals surface area contributed by atoms with Crippen LogP contribution in [-0.2, 0) is 9.53 Å². The Hall–Kier alpha value is -1.27. The predicted octanol–water partition coefficient (Wildman–Crippen LogP) is 4.10. The molecule has 1 fully saturated rings. The van der Waals surface area contributed by atoms with Crippen LogP contribution >= 0.6 is 0 Å². The normalized spacial score (nSPS) is 19.5. The topological polar surface area (TPSA) is 46.5 Å². The molecule has 3 heteroatoms. The van der Waals surface area contributed by atoms with Gasteiger partial charge in [-0.3, -0.25) is 4.79 Å². The molecule has 0 saturated heterocycles. The number of esters is 1. The molecule has 1 rings (SSSR count). The first-order chi connectivity index (χ1) is 10.7. The molecule has 0 aromatic heterocycles. The van der Waals surface area contributed by atoms with Crippen molar-refractivity contribution < 1.29 is 14.6 Å². The van der Waals surface area contributed by atoms with Crippen molar-refractivity contribution in [2.45, 2.75) is 72.8 Å². The van der Waals surface area contributed by atoms with Crippen molar-refractivity contribution in [2.24, 2.45) is 17.3 Å². The van der Waals surface area contributed by atoms with E-state index in [4.69, 9.17) is 4.74 Å². The van der Waals surface area contributed by atoms with Crippen molar-refractivity contribution in [1.82, 2.24) is 0 Å². The minimum Gasteiger partial charge on any atom is -0.452 e. The fourth-order valence-electron chi connectivity index (χ4n) is 2.77. The summed E-state index contributed by atoms with van der Waals surface area (Å²) in [6.07, 6.45) is 8.04. The van der Waals surface area contributed by atoms with Gasteiger partial charge in [0.2, 0.25) is 0 Å². The molecule has 0 heterocycles. The van der Waals surface area contributed by atoms with Crippen LogP contribution in [0.4, 0.5) is 0 Å². The largest absolute Gasteiger partial charge is 0.452 e. The summed E-state index contributed by atoms with van der Waals surface area (Å²) < 4.78 is 5.11. The van der Waals surface area contributed by atoms with E-state index >= 15 is 0 Å². The minimum absolute atomic E-state index is 0.0819. The van der Waals surface area contributed by atoms with Gasteiger partial charge in [0.15, 0.2) is 6.61 Å². The molecule has 130 valence electrons. The molecule has 0 aromatic rings. The van der Waals surface area contributed by atoms with Gasteiger partial charge in [0.25, 0.3) is 0 Å². The van der Waals surface area contributed by atoms with Crippen LogP contribution in [0.15, 0.2) is 11.6 Å².